The summed E-state index contributed by atoms with van der Waals surface area (Å²) in [5.74, 6) is 1.24. The molecule has 1 atom stereocenters. The molecule has 1 aliphatic heterocycles. The first-order chi connectivity index (χ1) is 9.77. The molecule has 0 spiro atoms. The molecule has 2 N–H and O–H groups in total. The molecule has 0 bridgehead atoms. The molecule has 118 valence electrons. The van der Waals surface area contributed by atoms with Gasteiger partial charge in [0.05, 0.1) is 12.5 Å². The highest BCUT2D eigenvalue weighted by molar-refractivity contribution is 5.85. The summed E-state index contributed by atoms with van der Waals surface area (Å²) < 4.78 is 5.70. The molecule has 0 radical (unpaired) electrons. The van der Waals surface area contributed by atoms with Gasteiger partial charge in [-0.1, -0.05) is 18.2 Å². The van der Waals surface area contributed by atoms with E-state index >= 15 is 0 Å². The number of aryl methyl sites for hydroxylation is 1. The van der Waals surface area contributed by atoms with Crippen LogP contribution in [0, 0.1) is 12.8 Å². The van der Waals surface area contributed by atoms with Crippen LogP contribution in [0.5, 0.6) is 5.75 Å². The number of halogens is 1. The smallest absolute Gasteiger partial charge is 0.224 e. The van der Waals surface area contributed by atoms with Gasteiger partial charge in [-0.25, -0.2) is 0 Å². The highest BCUT2D eigenvalue weighted by Crippen LogP contribution is 2.16. The van der Waals surface area contributed by atoms with Crippen molar-refractivity contribution in [2.75, 3.05) is 26.2 Å². The van der Waals surface area contributed by atoms with E-state index in [1.165, 1.54) is 0 Å². The molecular formula is C16H25ClN2O2. The first-order valence-electron chi connectivity index (χ1n) is 7.44. The lowest BCUT2D eigenvalue weighted by Gasteiger charge is -2.21. The summed E-state index contributed by atoms with van der Waals surface area (Å²) >= 11 is 0. The van der Waals surface area contributed by atoms with E-state index in [1.54, 1.807) is 0 Å². The van der Waals surface area contributed by atoms with Crippen LogP contribution in [0.3, 0.4) is 0 Å². The topological polar surface area (TPSA) is 50.4 Å². The summed E-state index contributed by atoms with van der Waals surface area (Å²) in [5.41, 5.74) is 1.14. The van der Waals surface area contributed by atoms with Gasteiger partial charge in [-0.15, -0.1) is 12.4 Å². The lowest BCUT2D eigenvalue weighted by atomic mass is 9.99. The number of piperidine rings is 1. The minimum absolute atomic E-state index is 0. The normalized spacial score (nSPS) is 17.7. The molecule has 1 amide bonds. The third kappa shape index (κ3) is 5.94. The third-order valence-electron chi connectivity index (χ3n) is 3.64. The van der Waals surface area contributed by atoms with Gasteiger partial charge < -0.3 is 15.4 Å². The van der Waals surface area contributed by atoms with Crippen LogP contribution in [-0.2, 0) is 4.79 Å². The van der Waals surface area contributed by atoms with Gasteiger partial charge >= 0.3 is 0 Å². The molecule has 1 aliphatic rings. The van der Waals surface area contributed by atoms with E-state index in [2.05, 4.69) is 10.6 Å². The number of para-hydroxylation sites is 1. The monoisotopic (exact) mass is 312 g/mol. The van der Waals surface area contributed by atoms with Crippen molar-refractivity contribution in [3.63, 3.8) is 0 Å². The van der Waals surface area contributed by atoms with Crippen LogP contribution >= 0.6 is 12.4 Å². The number of nitrogens with one attached hydrogen (secondary N) is 2. The number of hydrogen-bond acceptors (Lipinski definition) is 3. The van der Waals surface area contributed by atoms with Crippen molar-refractivity contribution < 1.29 is 9.53 Å². The van der Waals surface area contributed by atoms with Crippen LogP contribution in [0.1, 0.15) is 24.8 Å². The standard InChI is InChI=1S/C16H24N2O2.ClH/c1-13-6-2-3-8-15(13)20-11-5-10-18-16(19)14-7-4-9-17-12-14;/h2-3,6,8,14,17H,4-5,7,9-12H2,1H3,(H,18,19);1H. The fourth-order valence-corrected chi connectivity index (χ4v) is 2.40. The summed E-state index contributed by atoms with van der Waals surface area (Å²) in [6.45, 7) is 5.20. The number of amides is 1. The van der Waals surface area contributed by atoms with Gasteiger partial charge in [0, 0.05) is 13.1 Å². The second-order valence-corrected chi connectivity index (χ2v) is 5.30. The van der Waals surface area contributed by atoms with Gasteiger partial charge in [-0.2, -0.15) is 0 Å². The Hall–Kier alpha value is -1.26. The number of hydrogen-bond donors (Lipinski definition) is 2. The fraction of sp³-hybridized carbons (Fsp3) is 0.562. The molecule has 4 nitrogen and oxygen atoms in total. The van der Waals surface area contributed by atoms with Crippen LogP contribution in [0.4, 0.5) is 0 Å². The second-order valence-electron chi connectivity index (χ2n) is 5.30. The molecule has 21 heavy (non-hydrogen) atoms. The molecular weight excluding hydrogens is 288 g/mol. The largest absolute Gasteiger partial charge is 0.493 e. The van der Waals surface area contributed by atoms with Crippen LogP contribution in [-0.4, -0.2) is 32.1 Å². The highest BCUT2D eigenvalue weighted by atomic mass is 35.5. The summed E-state index contributed by atoms with van der Waals surface area (Å²) in [7, 11) is 0. The maximum Gasteiger partial charge on any atom is 0.224 e. The van der Waals surface area contributed by atoms with E-state index in [4.69, 9.17) is 4.74 Å². The van der Waals surface area contributed by atoms with Crippen molar-refractivity contribution in [1.82, 2.24) is 10.6 Å². The first-order valence-corrected chi connectivity index (χ1v) is 7.44. The van der Waals surface area contributed by atoms with Crippen molar-refractivity contribution in [3.05, 3.63) is 29.8 Å². The lowest BCUT2D eigenvalue weighted by molar-refractivity contribution is -0.125. The summed E-state index contributed by atoms with van der Waals surface area (Å²) in [5, 5.41) is 6.25. The fourth-order valence-electron chi connectivity index (χ4n) is 2.40. The predicted molar refractivity (Wildman–Crippen MR) is 87.1 cm³/mol. The lowest BCUT2D eigenvalue weighted by Crippen LogP contribution is -2.40. The molecule has 1 aromatic carbocycles. The zero-order chi connectivity index (χ0) is 14.2. The maximum atomic E-state index is 11.9. The Morgan fingerprint density at radius 3 is 2.95 bits per heavy atom. The van der Waals surface area contributed by atoms with Crippen molar-refractivity contribution in [1.29, 1.82) is 0 Å². The van der Waals surface area contributed by atoms with Crippen molar-refractivity contribution >= 4 is 18.3 Å². The average molecular weight is 313 g/mol. The van der Waals surface area contributed by atoms with E-state index in [1.807, 2.05) is 31.2 Å². The van der Waals surface area contributed by atoms with Crippen molar-refractivity contribution in [3.8, 4) is 5.75 Å². The van der Waals surface area contributed by atoms with E-state index in [0.717, 1.165) is 43.7 Å². The van der Waals surface area contributed by atoms with E-state index in [-0.39, 0.29) is 24.2 Å². The highest BCUT2D eigenvalue weighted by Gasteiger charge is 2.19. The molecule has 0 saturated carbocycles. The molecule has 5 heteroatoms. The Bertz CT molecular complexity index is 434. The molecule has 1 unspecified atom stereocenters. The first kappa shape index (κ1) is 17.8. The van der Waals surface area contributed by atoms with E-state index < -0.39 is 0 Å². The number of benzene rings is 1. The van der Waals surface area contributed by atoms with Crippen LogP contribution in [0.2, 0.25) is 0 Å². The van der Waals surface area contributed by atoms with Gasteiger partial charge in [0.25, 0.3) is 0 Å². The third-order valence-corrected chi connectivity index (χ3v) is 3.64. The summed E-state index contributed by atoms with van der Waals surface area (Å²) in [6, 6.07) is 7.98. The van der Waals surface area contributed by atoms with Crippen LogP contribution in [0.25, 0.3) is 0 Å². The number of rotatable bonds is 6. The Morgan fingerprint density at radius 2 is 2.24 bits per heavy atom. The van der Waals surface area contributed by atoms with E-state index in [0.29, 0.717) is 13.2 Å². The number of ether oxygens (including phenoxy) is 1. The van der Waals surface area contributed by atoms with Crippen molar-refractivity contribution in [2.45, 2.75) is 26.2 Å². The Morgan fingerprint density at radius 1 is 1.43 bits per heavy atom. The van der Waals surface area contributed by atoms with Crippen molar-refractivity contribution in [2.24, 2.45) is 5.92 Å². The Labute approximate surface area is 133 Å². The minimum atomic E-state index is 0. The zero-order valence-corrected chi connectivity index (χ0v) is 13.4. The molecule has 1 heterocycles. The van der Waals surface area contributed by atoms with Gasteiger partial charge in [-0.05, 0) is 44.4 Å². The Kier molecular flexibility index (Phi) is 8.16. The number of carbonyl (C=O) groups is 1. The van der Waals surface area contributed by atoms with E-state index in [9.17, 15) is 4.79 Å². The average Bonchev–Trinajstić information content (AvgIpc) is 2.49. The summed E-state index contributed by atoms with van der Waals surface area (Å²) in [6.07, 6.45) is 2.92. The zero-order valence-electron chi connectivity index (χ0n) is 12.6. The van der Waals surface area contributed by atoms with Gasteiger partial charge in [-0.3, -0.25) is 4.79 Å². The molecule has 2 rings (SSSR count). The van der Waals surface area contributed by atoms with Crippen LogP contribution in [0.15, 0.2) is 24.3 Å². The Balaban J connectivity index is 0.00000220. The predicted octanol–water partition coefficient (Wildman–Crippen LogP) is 2.30. The van der Waals surface area contributed by atoms with Gasteiger partial charge in [0.2, 0.25) is 5.91 Å². The summed E-state index contributed by atoms with van der Waals surface area (Å²) in [4.78, 5) is 11.9. The minimum Gasteiger partial charge on any atom is -0.493 e. The molecule has 0 aliphatic carbocycles. The molecule has 0 aromatic heterocycles. The number of carbonyl (C=O) groups excluding carboxylic acids is 1. The second kappa shape index (κ2) is 9.64. The van der Waals surface area contributed by atoms with Crippen LogP contribution < -0.4 is 15.4 Å². The van der Waals surface area contributed by atoms with Gasteiger partial charge in [0.1, 0.15) is 5.75 Å². The molecule has 1 saturated heterocycles. The maximum absolute atomic E-state index is 11.9. The molecule has 1 aromatic rings. The quantitative estimate of drug-likeness (QED) is 0.793. The SMILES string of the molecule is Cc1ccccc1OCCCNC(=O)C1CCCNC1.Cl. The van der Waals surface area contributed by atoms with Gasteiger partial charge in [0.15, 0.2) is 0 Å². The molecule has 1 fully saturated rings.